The Bertz CT molecular complexity index is 1170. The van der Waals surface area contributed by atoms with Crippen molar-refractivity contribution in [1.82, 2.24) is 19.4 Å². The lowest BCUT2D eigenvalue weighted by molar-refractivity contribution is 0.376. The van der Waals surface area contributed by atoms with Crippen molar-refractivity contribution >= 4 is 10.9 Å². The zero-order valence-corrected chi connectivity index (χ0v) is 16.2. The van der Waals surface area contributed by atoms with Crippen LogP contribution in [0.2, 0.25) is 0 Å². The summed E-state index contributed by atoms with van der Waals surface area (Å²) in [6.07, 6.45) is 0.787. The lowest BCUT2D eigenvalue weighted by atomic mass is 9.95. The molecule has 3 aromatic rings. The molecule has 8 heteroatoms. The van der Waals surface area contributed by atoms with E-state index in [-0.39, 0.29) is 24.5 Å². The van der Waals surface area contributed by atoms with Gasteiger partial charge in [-0.05, 0) is 44.0 Å². The van der Waals surface area contributed by atoms with Gasteiger partial charge in [0.05, 0.1) is 13.2 Å². The van der Waals surface area contributed by atoms with Gasteiger partial charge in [0.1, 0.15) is 11.3 Å². The van der Waals surface area contributed by atoms with Crippen molar-refractivity contribution in [3.8, 4) is 11.6 Å². The first-order valence-electron chi connectivity index (χ1n) is 9.50. The molecule has 0 fully saturated rings. The summed E-state index contributed by atoms with van der Waals surface area (Å²) in [5.41, 5.74) is 2.12. The minimum Gasteiger partial charge on any atom is -0.497 e. The number of aromatic amines is 1. The topological polar surface area (TPSA) is 101 Å². The van der Waals surface area contributed by atoms with E-state index < -0.39 is 17.3 Å². The molecule has 3 heterocycles. The fourth-order valence-corrected chi connectivity index (χ4v) is 4.11. The molecule has 0 amide bonds. The van der Waals surface area contributed by atoms with Crippen molar-refractivity contribution in [2.45, 2.75) is 39.4 Å². The van der Waals surface area contributed by atoms with E-state index in [4.69, 9.17) is 4.74 Å². The average molecular weight is 384 g/mol. The third-order valence-corrected chi connectivity index (χ3v) is 5.51. The van der Waals surface area contributed by atoms with Crippen molar-refractivity contribution in [3.05, 3.63) is 55.9 Å². The molecule has 0 radical (unpaired) electrons. The van der Waals surface area contributed by atoms with Gasteiger partial charge in [-0.3, -0.25) is 13.9 Å². The maximum absolute atomic E-state index is 13.1. The SMILES string of the molecule is CCn1c(O)c(C2NCCc3c2[nH]c2ccc(OC)cc32)c(=O)n(CC)c1=O. The molecule has 2 aromatic heterocycles. The van der Waals surface area contributed by atoms with E-state index in [1.54, 1.807) is 21.0 Å². The summed E-state index contributed by atoms with van der Waals surface area (Å²) >= 11 is 0. The molecule has 0 saturated carbocycles. The van der Waals surface area contributed by atoms with Crippen LogP contribution < -0.4 is 21.3 Å². The van der Waals surface area contributed by atoms with Crippen LogP contribution in [0.3, 0.4) is 0 Å². The number of H-pyrrole nitrogens is 1. The predicted molar refractivity (Wildman–Crippen MR) is 106 cm³/mol. The molecule has 8 nitrogen and oxygen atoms in total. The number of nitrogens with one attached hydrogen (secondary N) is 2. The summed E-state index contributed by atoms with van der Waals surface area (Å²) in [5, 5.41) is 15.2. The third-order valence-electron chi connectivity index (χ3n) is 5.51. The standard InChI is InChI=1S/C20H24N4O4/c1-4-23-18(25)15(19(26)24(5-2)20(23)27)17-16-12(8-9-21-17)13-10-11(28-3)6-7-14(13)22-16/h6-7,10,17,21-22,25H,4-5,8-9H2,1-3H3. The van der Waals surface area contributed by atoms with Gasteiger partial charge in [-0.2, -0.15) is 0 Å². The zero-order chi connectivity index (χ0) is 20.0. The second kappa shape index (κ2) is 6.87. The first-order valence-corrected chi connectivity index (χ1v) is 9.50. The molecule has 148 valence electrons. The van der Waals surface area contributed by atoms with E-state index in [0.29, 0.717) is 6.54 Å². The van der Waals surface area contributed by atoms with Crippen LogP contribution in [-0.2, 0) is 19.5 Å². The van der Waals surface area contributed by atoms with Crippen LogP contribution in [0, 0.1) is 0 Å². The third kappa shape index (κ3) is 2.56. The number of aromatic hydroxyl groups is 1. The Balaban J connectivity index is 1.99. The number of ether oxygens (including phenoxy) is 1. The molecule has 0 saturated heterocycles. The molecule has 0 bridgehead atoms. The maximum Gasteiger partial charge on any atom is 0.333 e. The summed E-state index contributed by atoms with van der Waals surface area (Å²) < 4.78 is 7.75. The summed E-state index contributed by atoms with van der Waals surface area (Å²) in [6, 6.07) is 5.28. The molecule has 1 unspecified atom stereocenters. The van der Waals surface area contributed by atoms with E-state index in [1.165, 1.54) is 9.13 Å². The number of methoxy groups -OCH3 is 1. The first kappa shape index (κ1) is 18.4. The Morgan fingerprint density at radius 3 is 2.64 bits per heavy atom. The summed E-state index contributed by atoms with van der Waals surface area (Å²) in [7, 11) is 1.63. The lowest BCUT2D eigenvalue weighted by Crippen LogP contribution is -2.44. The van der Waals surface area contributed by atoms with Gasteiger partial charge in [-0.1, -0.05) is 0 Å². The van der Waals surface area contributed by atoms with Gasteiger partial charge < -0.3 is 20.1 Å². The number of hydrogen-bond donors (Lipinski definition) is 3. The molecule has 0 spiro atoms. The Morgan fingerprint density at radius 1 is 1.21 bits per heavy atom. The summed E-state index contributed by atoms with van der Waals surface area (Å²) in [4.78, 5) is 28.9. The molecule has 4 rings (SSSR count). The molecule has 1 aliphatic rings. The fraction of sp³-hybridized carbons (Fsp3) is 0.400. The Labute approximate surface area is 161 Å². The minimum atomic E-state index is -0.522. The Morgan fingerprint density at radius 2 is 1.96 bits per heavy atom. The predicted octanol–water partition coefficient (Wildman–Crippen LogP) is 1.48. The summed E-state index contributed by atoms with van der Waals surface area (Å²) in [6.45, 7) is 4.69. The lowest BCUT2D eigenvalue weighted by Gasteiger charge is -2.26. The van der Waals surface area contributed by atoms with E-state index >= 15 is 0 Å². The first-order chi connectivity index (χ1) is 13.5. The molecule has 1 aliphatic heterocycles. The van der Waals surface area contributed by atoms with Crippen LogP contribution in [-0.4, -0.2) is 32.9 Å². The van der Waals surface area contributed by atoms with Gasteiger partial charge in [-0.25, -0.2) is 4.79 Å². The quantitative estimate of drug-likeness (QED) is 0.633. The van der Waals surface area contributed by atoms with Gasteiger partial charge in [0.25, 0.3) is 5.56 Å². The zero-order valence-electron chi connectivity index (χ0n) is 16.2. The largest absolute Gasteiger partial charge is 0.497 e. The van der Waals surface area contributed by atoms with Crippen molar-refractivity contribution in [2.24, 2.45) is 0 Å². The highest BCUT2D eigenvalue weighted by molar-refractivity contribution is 5.86. The van der Waals surface area contributed by atoms with Gasteiger partial charge in [0.15, 0.2) is 0 Å². The van der Waals surface area contributed by atoms with Gasteiger partial charge in [0.2, 0.25) is 5.88 Å². The number of rotatable bonds is 4. The van der Waals surface area contributed by atoms with Crippen molar-refractivity contribution in [2.75, 3.05) is 13.7 Å². The van der Waals surface area contributed by atoms with E-state index in [9.17, 15) is 14.7 Å². The average Bonchev–Trinajstić information content (AvgIpc) is 3.07. The number of benzene rings is 1. The van der Waals surface area contributed by atoms with Crippen molar-refractivity contribution < 1.29 is 9.84 Å². The van der Waals surface area contributed by atoms with Gasteiger partial charge in [-0.15, -0.1) is 0 Å². The van der Waals surface area contributed by atoms with Crippen LogP contribution in [0.25, 0.3) is 10.9 Å². The number of fused-ring (bicyclic) bond motifs is 3. The Hall–Kier alpha value is -3.00. The van der Waals surface area contributed by atoms with Gasteiger partial charge in [0, 0.05) is 36.2 Å². The van der Waals surface area contributed by atoms with E-state index in [2.05, 4.69) is 10.3 Å². The number of nitrogens with zero attached hydrogens (tertiary/aromatic N) is 2. The molecule has 0 aliphatic carbocycles. The smallest absolute Gasteiger partial charge is 0.333 e. The monoisotopic (exact) mass is 384 g/mol. The minimum absolute atomic E-state index is 0.197. The molecule has 1 aromatic carbocycles. The molecule has 3 N–H and O–H groups in total. The van der Waals surface area contributed by atoms with Crippen LogP contribution in [0.1, 0.15) is 36.7 Å². The second-order valence-corrected chi connectivity index (χ2v) is 6.88. The van der Waals surface area contributed by atoms with Gasteiger partial charge >= 0.3 is 5.69 Å². The fourth-order valence-electron chi connectivity index (χ4n) is 4.11. The van der Waals surface area contributed by atoms with Crippen molar-refractivity contribution in [1.29, 1.82) is 0 Å². The van der Waals surface area contributed by atoms with E-state index in [1.807, 2.05) is 18.2 Å². The Kier molecular flexibility index (Phi) is 4.50. The molecule has 1 atom stereocenters. The van der Waals surface area contributed by atoms with Crippen LogP contribution in [0.15, 0.2) is 27.8 Å². The second-order valence-electron chi connectivity index (χ2n) is 6.88. The van der Waals surface area contributed by atoms with Crippen molar-refractivity contribution in [3.63, 3.8) is 0 Å². The highest BCUT2D eigenvalue weighted by atomic mass is 16.5. The maximum atomic E-state index is 13.1. The normalized spacial score (nSPS) is 16.3. The van der Waals surface area contributed by atoms with Crippen LogP contribution in [0.5, 0.6) is 11.6 Å². The van der Waals surface area contributed by atoms with Crippen LogP contribution >= 0.6 is 0 Å². The number of aromatic nitrogens is 3. The molecule has 28 heavy (non-hydrogen) atoms. The molecular weight excluding hydrogens is 360 g/mol. The number of hydrogen-bond acceptors (Lipinski definition) is 5. The highest BCUT2D eigenvalue weighted by Gasteiger charge is 2.32. The molecular formula is C20H24N4O4. The summed E-state index contributed by atoms with van der Waals surface area (Å²) in [5.74, 6) is 0.490. The van der Waals surface area contributed by atoms with Crippen LogP contribution in [0.4, 0.5) is 0 Å². The van der Waals surface area contributed by atoms with E-state index in [0.717, 1.165) is 34.3 Å². The highest BCUT2D eigenvalue weighted by Crippen LogP contribution is 2.36.